The Bertz CT molecular complexity index is 1040. The molecule has 8 heteroatoms. The maximum absolute atomic E-state index is 10.9. The van der Waals surface area contributed by atoms with E-state index in [1.54, 1.807) is 6.20 Å². The summed E-state index contributed by atoms with van der Waals surface area (Å²) in [6.07, 6.45) is 2.45. The highest BCUT2D eigenvalue weighted by atomic mass is 16.5. The average molecular weight is 419 g/mol. The van der Waals surface area contributed by atoms with Crippen molar-refractivity contribution in [2.45, 2.75) is 6.54 Å². The van der Waals surface area contributed by atoms with Crippen LogP contribution in [-0.4, -0.2) is 78.8 Å². The SMILES string of the molecule is O=Cc1ccc(N2CCN(c3nnc(CN4CCOCC4)c4ccccc34)CC2)nc1. The summed E-state index contributed by atoms with van der Waals surface area (Å²) in [4.78, 5) is 22.2. The molecule has 1 aromatic carbocycles. The van der Waals surface area contributed by atoms with E-state index in [1.807, 2.05) is 12.1 Å². The molecule has 5 rings (SSSR count). The van der Waals surface area contributed by atoms with Gasteiger partial charge in [-0.1, -0.05) is 24.3 Å². The van der Waals surface area contributed by atoms with Crippen LogP contribution in [0.15, 0.2) is 42.6 Å². The van der Waals surface area contributed by atoms with Crippen LogP contribution < -0.4 is 9.80 Å². The highest BCUT2D eigenvalue weighted by Gasteiger charge is 2.22. The number of nitrogens with zero attached hydrogens (tertiary/aromatic N) is 6. The molecule has 31 heavy (non-hydrogen) atoms. The topological polar surface area (TPSA) is 74.7 Å². The first-order chi connectivity index (χ1) is 15.3. The number of hydrogen-bond donors (Lipinski definition) is 0. The van der Waals surface area contributed by atoms with Crippen LogP contribution in [0, 0.1) is 0 Å². The summed E-state index contributed by atoms with van der Waals surface area (Å²) in [6, 6.07) is 12.2. The minimum Gasteiger partial charge on any atom is -0.379 e. The average Bonchev–Trinajstić information content (AvgIpc) is 2.85. The zero-order valence-corrected chi connectivity index (χ0v) is 17.5. The van der Waals surface area contributed by atoms with Gasteiger partial charge in [-0.05, 0) is 12.1 Å². The summed E-state index contributed by atoms with van der Waals surface area (Å²) in [5.41, 5.74) is 1.63. The molecule has 0 atom stereocenters. The Morgan fingerprint density at radius 1 is 0.871 bits per heavy atom. The van der Waals surface area contributed by atoms with E-state index in [9.17, 15) is 4.79 Å². The van der Waals surface area contributed by atoms with Crippen molar-refractivity contribution in [2.75, 3.05) is 62.3 Å². The quantitative estimate of drug-likeness (QED) is 0.583. The molecule has 2 fully saturated rings. The van der Waals surface area contributed by atoms with Crippen molar-refractivity contribution in [1.82, 2.24) is 20.1 Å². The maximum Gasteiger partial charge on any atom is 0.159 e. The van der Waals surface area contributed by atoms with Gasteiger partial charge in [0.1, 0.15) is 5.82 Å². The number of fused-ring (bicyclic) bond motifs is 1. The molecule has 0 N–H and O–H groups in total. The fourth-order valence-electron chi connectivity index (χ4n) is 4.27. The van der Waals surface area contributed by atoms with Gasteiger partial charge < -0.3 is 14.5 Å². The van der Waals surface area contributed by atoms with Gasteiger partial charge in [-0.2, -0.15) is 5.10 Å². The third kappa shape index (κ3) is 4.22. The van der Waals surface area contributed by atoms with Crippen LogP contribution in [0.25, 0.3) is 10.8 Å². The van der Waals surface area contributed by atoms with E-state index < -0.39 is 0 Å². The van der Waals surface area contributed by atoms with Gasteiger partial charge in [-0.25, -0.2) is 4.98 Å². The lowest BCUT2D eigenvalue weighted by atomic mass is 10.1. The van der Waals surface area contributed by atoms with Gasteiger partial charge in [-0.15, -0.1) is 5.10 Å². The first kappa shape index (κ1) is 19.8. The zero-order chi connectivity index (χ0) is 21.0. The van der Waals surface area contributed by atoms with Crippen LogP contribution in [0.4, 0.5) is 11.6 Å². The number of pyridine rings is 1. The standard InChI is InChI=1S/C23H26N6O2/c30-17-18-5-6-22(24-15-18)28-7-9-29(10-8-28)23-20-4-2-1-3-19(20)21(25-26-23)16-27-11-13-31-14-12-27/h1-6,15,17H,7-14,16H2. The normalized spacial score (nSPS) is 17.8. The van der Waals surface area contributed by atoms with Crippen LogP contribution >= 0.6 is 0 Å². The first-order valence-electron chi connectivity index (χ1n) is 10.8. The molecule has 3 aromatic rings. The lowest BCUT2D eigenvalue weighted by Crippen LogP contribution is -2.47. The van der Waals surface area contributed by atoms with Crippen molar-refractivity contribution >= 4 is 28.7 Å². The highest BCUT2D eigenvalue weighted by molar-refractivity contribution is 5.93. The lowest BCUT2D eigenvalue weighted by molar-refractivity contribution is 0.0337. The third-order valence-electron chi connectivity index (χ3n) is 6.03. The molecule has 0 unspecified atom stereocenters. The van der Waals surface area contributed by atoms with Gasteiger partial charge in [0.05, 0.1) is 18.9 Å². The predicted octanol–water partition coefficient (Wildman–Crippen LogP) is 2.00. The Morgan fingerprint density at radius 3 is 2.32 bits per heavy atom. The van der Waals surface area contributed by atoms with Gasteiger partial charge in [0.15, 0.2) is 12.1 Å². The van der Waals surface area contributed by atoms with E-state index >= 15 is 0 Å². The molecular weight excluding hydrogens is 392 g/mol. The molecule has 2 saturated heterocycles. The number of morpholine rings is 1. The minimum absolute atomic E-state index is 0.598. The molecule has 0 bridgehead atoms. The molecule has 0 amide bonds. The second kappa shape index (κ2) is 8.95. The van der Waals surface area contributed by atoms with Crippen molar-refractivity contribution in [3.8, 4) is 0 Å². The van der Waals surface area contributed by atoms with Crippen LogP contribution in [0.5, 0.6) is 0 Å². The number of hydrogen-bond acceptors (Lipinski definition) is 8. The summed E-state index contributed by atoms with van der Waals surface area (Å²) in [5.74, 6) is 1.85. The number of carbonyl (C=O) groups excluding carboxylic acids is 1. The maximum atomic E-state index is 10.9. The molecule has 2 aliphatic rings. The van der Waals surface area contributed by atoms with Crippen LogP contribution in [0.3, 0.4) is 0 Å². The zero-order valence-electron chi connectivity index (χ0n) is 17.5. The number of rotatable bonds is 5. The number of piperazine rings is 1. The van der Waals surface area contributed by atoms with Gasteiger partial charge in [0.25, 0.3) is 0 Å². The molecule has 0 saturated carbocycles. The van der Waals surface area contributed by atoms with Crippen LogP contribution in [0.2, 0.25) is 0 Å². The van der Waals surface area contributed by atoms with Crippen molar-refractivity contribution in [3.63, 3.8) is 0 Å². The van der Waals surface area contributed by atoms with Crippen LogP contribution in [-0.2, 0) is 11.3 Å². The van der Waals surface area contributed by atoms with Crippen molar-refractivity contribution in [1.29, 1.82) is 0 Å². The molecule has 0 aliphatic carbocycles. The summed E-state index contributed by atoms with van der Waals surface area (Å²) in [6.45, 7) is 7.60. The monoisotopic (exact) mass is 418 g/mol. The van der Waals surface area contributed by atoms with E-state index in [2.05, 4.69) is 54.1 Å². The van der Waals surface area contributed by atoms with E-state index in [0.717, 1.165) is 88.0 Å². The lowest BCUT2D eigenvalue weighted by Gasteiger charge is -2.36. The number of ether oxygens (including phenoxy) is 1. The minimum atomic E-state index is 0.598. The van der Waals surface area contributed by atoms with E-state index in [1.165, 1.54) is 5.39 Å². The molecule has 0 spiro atoms. The number of carbonyl (C=O) groups is 1. The highest BCUT2D eigenvalue weighted by Crippen LogP contribution is 2.28. The molecule has 2 aliphatic heterocycles. The van der Waals surface area contributed by atoms with Gasteiger partial charge in [0, 0.05) is 68.3 Å². The van der Waals surface area contributed by atoms with Crippen molar-refractivity contribution in [2.24, 2.45) is 0 Å². The second-order valence-corrected chi connectivity index (χ2v) is 7.95. The second-order valence-electron chi connectivity index (χ2n) is 7.95. The summed E-state index contributed by atoms with van der Waals surface area (Å²) < 4.78 is 5.47. The molecule has 8 nitrogen and oxygen atoms in total. The van der Waals surface area contributed by atoms with E-state index in [0.29, 0.717) is 5.56 Å². The Labute approximate surface area is 181 Å². The molecule has 0 radical (unpaired) electrons. The van der Waals surface area contributed by atoms with Gasteiger partial charge in [0.2, 0.25) is 0 Å². The molecular formula is C23H26N6O2. The molecule has 4 heterocycles. The third-order valence-corrected chi connectivity index (χ3v) is 6.03. The van der Waals surface area contributed by atoms with Gasteiger partial charge >= 0.3 is 0 Å². The van der Waals surface area contributed by atoms with Crippen molar-refractivity contribution < 1.29 is 9.53 Å². The largest absolute Gasteiger partial charge is 0.379 e. The Morgan fingerprint density at radius 2 is 1.61 bits per heavy atom. The van der Waals surface area contributed by atoms with E-state index in [4.69, 9.17) is 4.74 Å². The Kier molecular flexibility index (Phi) is 5.73. The number of anilines is 2. The fourth-order valence-corrected chi connectivity index (χ4v) is 4.27. The Balaban J connectivity index is 1.33. The summed E-state index contributed by atoms with van der Waals surface area (Å²) in [7, 11) is 0. The van der Waals surface area contributed by atoms with Crippen LogP contribution in [0.1, 0.15) is 16.1 Å². The predicted molar refractivity (Wildman–Crippen MR) is 120 cm³/mol. The fraction of sp³-hybridized carbons (Fsp3) is 0.391. The van der Waals surface area contributed by atoms with Crippen molar-refractivity contribution in [3.05, 3.63) is 53.9 Å². The summed E-state index contributed by atoms with van der Waals surface area (Å²) in [5, 5.41) is 11.6. The number of benzene rings is 1. The Hall–Kier alpha value is -3.10. The smallest absolute Gasteiger partial charge is 0.159 e. The molecule has 160 valence electrons. The number of aromatic nitrogens is 3. The summed E-state index contributed by atoms with van der Waals surface area (Å²) >= 11 is 0. The first-order valence-corrected chi connectivity index (χ1v) is 10.8. The molecule has 2 aromatic heterocycles. The van der Waals surface area contributed by atoms with E-state index in [-0.39, 0.29) is 0 Å². The number of aldehydes is 1. The van der Waals surface area contributed by atoms with Gasteiger partial charge in [-0.3, -0.25) is 9.69 Å².